The fourth-order valence-corrected chi connectivity index (χ4v) is 3.47. The Bertz CT molecular complexity index is 1150. The van der Waals surface area contributed by atoms with Gasteiger partial charge in [0.1, 0.15) is 11.8 Å². The molecule has 9 heteroatoms. The molecule has 0 amide bonds. The third-order valence-corrected chi connectivity index (χ3v) is 5.08. The molecule has 0 unspecified atom stereocenters. The van der Waals surface area contributed by atoms with E-state index in [0.717, 1.165) is 16.6 Å². The Balaban J connectivity index is 1.62. The van der Waals surface area contributed by atoms with Gasteiger partial charge in [0.2, 0.25) is 11.8 Å². The van der Waals surface area contributed by atoms with E-state index in [4.69, 9.17) is 0 Å². The van der Waals surface area contributed by atoms with Gasteiger partial charge >= 0.3 is 0 Å². The number of pyridine rings is 2. The second-order valence-corrected chi connectivity index (χ2v) is 7.31. The minimum atomic E-state index is -0.0753. The van der Waals surface area contributed by atoms with Gasteiger partial charge in [-0.25, -0.2) is 19.9 Å². The summed E-state index contributed by atoms with van der Waals surface area (Å²) in [5, 5.41) is 20.9. The van der Waals surface area contributed by atoms with Crippen LogP contribution in [0.5, 0.6) is 11.8 Å². The number of thioether (sulfide) groups is 1. The second-order valence-electron chi connectivity index (χ2n) is 6.29. The van der Waals surface area contributed by atoms with Crippen molar-refractivity contribution in [2.24, 2.45) is 0 Å². The van der Waals surface area contributed by atoms with Crippen molar-refractivity contribution in [1.82, 2.24) is 29.9 Å². The van der Waals surface area contributed by atoms with Gasteiger partial charge in [-0.05, 0) is 18.1 Å². The maximum absolute atomic E-state index is 10.1. The summed E-state index contributed by atoms with van der Waals surface area (Å²) in [5.74, 6) is 0.538. The molecule has 4 aromatic rings. The highest BCUT2D eigenvalue weighted by molar-refractivity contribution is 7.98. The first-order chi connectivity index (χ1) is 13.0. The minimum Gasteiger partial charge on any atom is -0.493 e. The Labute approximate surface area is 158 Å². The van der Waals surface area contributed by atoms with Gasteiger partial charge in [-0.2, -0.15) is 9.97 Å². The molecule has 0 aromatic carbocycles. The molecule has 0 bridgehead atoms. The molecule has 4 rings (SSSR count). The van der Waals surface area contributed by atoms with Crippen LogP contribution in [0.25, 0.3) is 22.2 Å². The minimum absolute atomic E-state index is 0.0108. The van der Waals surface area contributed by atoms with Crippen LogP contribution in [0, 0.1) is 0 Å². The van der Waals surface area contributed by atoms with Gasteiger partial charge in [-0.3, -0.25) is 0 Å². The molecule has 0 saturated heterocycles. The molecule has 0 saturated carbocycles. The molecule has 136 valence electrons. The average Bonchev–Trinajstić information content (AvgIpc) is 2.65. The smallest absolute Gasteiger partial charge is 0.226 e. The molecule has 2 N–H and O–H groups in total. The second kappa shape index (κ2) is 6.92. The van der Waals surface area contributed by atoms with Crippen molar-refractivity contribution in [1.29, 1.82) is 0 Å². The Morgan fingerprint density at radius 1 is 0.963 bits per heavy atom. The van der Waals surface area contributed by atoms with Gasteiger partial charge < -0.3 is 10.2 Å². The quantitative estimate of drug-likeness (QED) is 0.514. The molecule has 0 aliphatic rings. The monoisotopic (exact) mass is 380 g/mol. The summed E-state index contributed by atoms with van der Waals surface area (Å²) in [5.41, 5.74) is 2.95. The van der Waals surface area contributed by atoms with Crippen molar-refractivity contribution in [3.8, 4) is 11.8 Å². The first-order valence-electron chi connectivity index (χ1n) is 8.29. The molecule has 4 heterocycles. The zero-order valence-corrected chi connectivity index (χ0v) is 15.5. The van der Waals surface area contributed by atoms with E-state index in [1.165, 1.54) is 18.1 Å². The molecule has 0 radical (unpaired) electrons. The van der Waals surface area contributed by atoms with Crippen LogP contribution in [0.2, 0.25) is 0 Å². The fourth-order valence-electron chi connectivity index (χ4n) is 2.64. The van der Waals surface area contributed by atoms with E-state index in [2.05, 4.69) is 29.9 Å². The molecular formula is C18H16N6O2S. The van der Waals surface area contributed by atoms with E-state index in [0.29, 0.717) is 27.5 Å². The summed E-state index contributed by atoms with van der Waals surface area (Å²) >= 11 is 1.40. The molecule has 0 aliphatic carbocycles. The highest BCUT2D eigenvalue weighted by Crippen LogP contribution is 2.32. The topological polar surface area (TPSA) is 118 Å². The Hall–Kier alpha value is -3.07. The van der Waals surface area contributed by atoms with Crippen molar-refractivity contribution in [2.45, 2.75) is 30.4 Å². The summed E-state index contributed by atoms with van der Waals surface area (Å²) in [4.78, 5) is 25.7. The van der Waals surface area contributed by atoms with Crippen molar-refractivity contribution in [2.75, 3.05) is 0 Å². The predicted octanol–water partition coefficient (Wildman–Crippen LogP) is 3.19. The van der Waals surface area contributed by atoms with Gasteiger partial charge in [-0.1, -0.05) is 13.8 Å². The number of hydrogen-bond donors (Lipinski definition) is 2. The number of fused-ring (bicyclic) bond motifs is 2. The zero-order valence-electron chi connectivity index (χ0n) is 14.7. The molecular weight excluding hydrogens is 364 g/mol. The molecule has 0 aliphatic heterocycles. The van der Waals surface area contributed by atoms with E-state index < -0.39 is 0 Å². The predicted molar refractivity (Wildman–Crippen MR) is 102 cm³/mol. The Morgan fingerprint density at radius 2 is 1.78 bits per heavy atom. The SMILES string of the molecule is CC(C)c1cc2nc(CSc3cc4cncnc4nc3O)cnc2nc1O. The van der Waals surface area contributed by atoms with Crippen LogP contribution in [0.15, 0.2) is 35.7 Å². The third-order valence-electron chi connectivity index (χ3n) is 4.03. The van der Waals surface area contributed by atoms with E-state index in [1.54, 1.807) is 18.5 Å². The maximum Gasteiger partial charge on any atom is 0.226 e. The molecule has 27 heavy (non-hydrogen) atoms. The zero-order chi connectivity index (χ0) is 19.0. The van der Waals surface area contributed by atoms with Crippen LogP contribution in [-0.4, -0.2) is 40.1 Å². The Morgan fingerprint density at radius 3 is 2.59 bits per heavy atom. The summed E-state index contributed by atoms with van der Waals surface area (Å²) < 4.78 is 0. The fraction of sp³-hybridized carbons (Fsp3) is 0.222. The van der Waals surface area contributed by atoms with Crippen molar-refractivity contribution in [3.05, 3.63) is 42.1 Å². The standard InChI is InChI=1S/C18H16N6O2S/c1-9(2)12-4-13-16(24-17(12)25)20-6-11(22-13)7-27-14-3-10-5-19-8-21-15(10)23-18(14)26/h3-6,8-9H,7H2,1-2H3,(H,20,24,25)(H,19,21,23,26). The van der Waals surface area contributed by atoms with Gasteiger partial charge in [0, 0.05) is 22.9 Å². The van der Waals surface area contributed by atoms with Crippen molar-refractivity contribution < 1.29 is 10.2 Å². The highest BCUT2D eigenvalue weighted by atomic mass is 32.2. The van der Waals surface area contributed by atoms with E-state index in [1.807, 2.05) is 19.9 Å². The third kappa shape index (κ3) is 3.45. The lowest BCUT2D eigenvalue weighted by molar-refractivity contribution is 0.442. The lowest BCUT2D eigenvalue weighted by Crippen LogP contribution is -1.97. The largest absolute Gasteiger partial charge is 0.493 e. The lowest BCUT2D eigenvalue weighted by atomic mass is 10.0. The molecule has 8 nitrogen and oxygen atoms in total. The van der Waals surface area contributed by atoms with Crippen LogP contribution in [0.1, 0.15) is 31.0 Å². The van der Waals surface area contributed by atoms with Gasteiger partial charge in [0.25, 0.3) is 0 Å². The number of aromatic nitrogens is 6. The van der Waals surface area contributed by atoms with Gasteiger partial charge in [-0.15, -0.1) is 11.8 Å². The normalized spacial score (nSPS) is 11.5. The van der Waals surface area contributed by atoms with Crippen molar-refractivity contribution in [3.63, 3.8) is 0 Å². The van der Waals surface area contributed by atoms with Gasteiger partial charge in [0.05, 0.1) is 16.8 Å². The summed E-state index contributed by atoms with van der Waals surface area (Å²) in [6, 6.07) is 3.61. The molecule has 0 spiro atoms. The molecule has 0 fully saturated rings. The number of hydrogen-bond acceptors (Lipinski definition) is 9. The highest BCUT2D eigenvalue weighted by Gasteiger charge is 2.12. The van der Waals surface area contributed by atoms with E-state index >= 15 is 0 Å². The maximum atomic E-state index is 10.1. The number of rotatable bonds is 4. The van der Waals surface area contributed by atoms with Crippen molar-refractivity contribution >= 4 is 34.0 Å². The lowest BCUT2D eigenvalue weighted by Gasteiger charge is -2.09. The number of aromatic hydroxyl groups is 2. The first kappa shape index (κ1) is 17.3. The van der Waals surface area contributed by atoms with Gasteiger partial charge in [0.15, 0.2) is 11.3 Å². The summed E-state index contributed by atoms with van der Waals surface area (Å²) in [6.45, 7) is 3.96. The summed E-state index contributed by atoms with van der Waals surface area (Å²) in [6.07, 6.45) is 4.66. The van der Waals surface area contributed by atoms with Crippen LogP contribution < -0.4 is 0 Å². The van der Waals surface area contributed by atoms with Crippen LogP contribution in [0.3, 0.4) is 0 Å². The molecule has 0 atom stereocenters. The Kier molecular flexibility index (Phi) is 4.44. The summed E-state index contributed by atoms with van der Waals surface area (Å²) in [7, 11) is 0. The van der Waals surface area contributed by atoms with Crippen LogP contribution in [0.4, 0.5) is 0 Å². The van der Waals surface area contributed by atoms with Crippen LogP contribution >= 0.6 is 11.8 Å². The molecule has 4 aromatic heterocycles. The average molecular weight is 380 g/mol. The first-order valence-corrected chi connectivity index (χ1v) is 9.28. The van der Waals surface area contributed by atoms with E-state index in [9.17, 15) is 10.2 Å². The van der Waals surface area contributed by atoms with E-state index in [-0.39, 0.29) is 17.7 Å². The number of nitrogens with zero attached hydrogens (tertiary/aromatic N) is 6. The van der Waals surface area contributed by atoms with Crippen LogP contribution in [-0.2, 0) is 5.75 Å².